The van der Waals surface area contributed by atoms with Gasteiger partial charge in [-0.05, 0) is 31.9 Å². The van der Waals surface area contributed by atoms with Crippen molar-refractivity contribution in [3.63, 3.8) is 0 Å². The van der Waals surface area contributed by atoms with Crippen molar-refractivity contribution in [2.24, 2.45) is 0 Å². The van der Waals surface area contributed by atoms with Crippen LogP contribution in [-0.4, -0.2) is 47.0 Å². The summed E-state index contributed by atoms with van der Waals surface area (Å²) in [5.74, 6) is 0. The Kier molecular flexibility index (Phi) is 6.54. The molecular weight excluding hydrogens is 324 g/mol. The first-order chi connectivity index (χ1) is 10.1. The maximum absolute atomic E-state index is 12.3. The van der Waals surface area contributed by atoms with Crippen molar-refractivity contribution in [2.75, 3.05) is 25.9 Å². The van der Waals surface area contributed by atoms with Crippen LogP contribution in [0.3, 0.4) is 0 Å². The zero-order valence-corrected chi connectivity index (χ0v) is 15.1. The van der Waals surface area contributed by atoms with Crippen molar-refractivity contribution in [1.82, 2.24) is 9.03 Å². The molecule has 0 aliphatic heterocycles. The van der Waals surface area contributed by atoms with E-state index in [0.717, 1.165) is 11.8 Å². The lowest BCUT2D eigenvalue weighted by molar-refractivity contribution is 0.416. The van der Waals surface area contributed by atoms with Crippen LogP contribution in [0, 0.1) is 13.8 Å². The molecular formula is C14H24N2O4S2. The van der Waals surface area contributed by atoms with Gasteiger partial charge < -0.3 is 0 Å². The molecule has 8 heteroatoms. The molecule has 0 spiro atoms. The number of nitrogens with zero attached hydrogens (tertiary/aromatic N) is 1. The molecule has 0 aliphatic rings. The van der Waals surface area contributed by atoms with Gasteiger partial charge in [-0.3, -0.25) is 0 Å². The molecule has 1 rings (SSSR count). The Bertz CT molecular complexity index is 712. The van der Waals surface area contributed by atoms with Crippen LogP contribution in [-0.2, 0) is 20.0 Å². The predicted molar refractivity (Wildman–Crippen MR) is 87.8 cm³/mol. The van der Waals surface area contributed by atoms with Crippen molar-refractivity contribution in [2.45, 2.75) is 32.1 Å². The maximum atomic E-state index is 12.3. The predicted octanol–water partition coefficient (Wildman–Crippen LogP) is 1.25. The fourth-order valence-corrected chi connectivity index (χ4v) is 4.36. The van der Waals surface area contributed by atoms with Gasteiger partial charge >= 0.3 is 0 Å². The first kappa shape index (κ1) is 19.1. The van der Waals surface area contributed by atoms with Gasteiger partial charge in [0.2, 0.25) is 20.0 Å². The average molecular weight is 348 g/mol. The highest BCUT2D eigenvalue weighted by Gasteiger charge is 2.19. The molecule has 22 heavy (non-hydrogen) atoms. The summed E-state index contributed by atoms with van der Waals surface area (Å²) >= 11 is 0. The van der Waals surface area contributed by atoms with Crippen LogP contribution in [0.5, 0.6) is 0 Å². The van der Waals surface area contributed by atoms with E-state index in [0.29, 0.717) is 18.5 Å². The Morgan fingerprint density at radius 2 is 1.73 bits per heavy atom. The molecule has 0 amide bonds. The van der Waals surface area contributed by atoms with Crippen LogP contribution in [0.25, 0.3) is 0 Å². The summed E-state index contributed by atoms with van der Waals surface area (Å²) in [7, 11) is -6.96. The van der Waals surface area contributed by atoms with Gasteiger partial charge in [0.05, 0.1) is 11.2 Å². The molecule has 0 saturated carbocycles. The Balaban J connectivity index is 2.78. The highest BCUT2D eigenvalue weighted by Crippen LogP contribution is 2.16. The molecule has 0 atom stereocenters. The highest BCUT2D eigenvalue weighted by atomic mass is 32.2. The number of aryl methyl sites for hydroxylation is 2. The molecule has 0 radical (unpaired) electrons. The number of benzene rings is 1. The summed E-state index contributed by atoms with van der Waals surface area (Å²) in [6.45, 7) is 6.05. The van der Waals surface area contributed by atoms with E-state index in [1.807, 2.05) is 13.8 Å². The summed E-state index contributed by atoms with van der Waals surface area (Å²) < 4.78 is 51.5. The van der Waals surface area contributed by atoms with Crippen molar-refractivity contribution in [1.29, 1.82) is 0 Å². The first-order valence-corrected chi connectivity index (χ1v) is 10.4. The van der Waals surface area contributed by atoms with E-state index in [4.69, 9.17) is 0 Å². The number of nitrogens with one attached hydrogen (secondary N) is 1. The third-order valence-electron chi connectivity index (χ3n) is 3.22. The van der Waals surface area contributed by atoms with Gasteiger partial charge in [0.25, 0.3) is 0 Å². The van der Waals surface area contributed by atoms with E-state index in [9.17, 15) is 16.8 Å². The minimum atomic E-state index is -3.64. The van der Waals surface area contributed by atoms with Gasteiger partial charge in [0.1, 0.15) is 0 Å². The third kappa shape index (κ3) is 5.35. The quantitative estimate of drug-likeness (QED) is 0.766. The molecule has 1 N–H and O–H groups in total. The minimum Gasteiger partial charge on any atom is -0.213 e. The van der Waals surface area contributed by atoms with Crippen molar-refractivity contribution >= 4 is 20.0 Å². The summed E-state index contributed by atoms with van der Waals surface area (Å²) in [6.07, 6.45) is 1.80. The fraction of sp³-hybridized carbons (Fsp3) is 0.571. The molecule has 0 saturated heterocycles. The van der Waals surface area contributed by atoms with Crippen LogP contribution in [0.4, 0.5) is 0 Å². The van der Waals surface area contributed by atoms with Gasteiger partial charge in [0, 0.05) is 19.6 Å². The highest BCUT2D eigenvalue weighted by molar-refractivity contribution is 7.89. The second kappa shape index (κ2) is 7.54. The van der Waals surface area contributed by atoms with Gasteiger partial charge in [-0.15, -0.1) is 0 Å². The van der Waals surface area contributed by atoms with Gasteiger partial charge in [-0.25, -0.2) is 25.9 Å². The third-order valence-corrected chi connectivity index (χ3v) is 6.14. The molecule has 0 fully saturated rings. The van der Waals surface area contributed by atoms with E-state index in [2.05, 4.69) is 4.72 Å². The number of hydrogen-bond acceptors (Lipinski definition) is 4. The van der Waals surface area contributed by atoms with Crippen molar-refractivity contribution in [3.8, 4) is 0 Å². The molecule has 126 valence electrons. The van der Waals surface area contributed by atoms with E-state index >= 15 is 0 Å². The van der Waals surface area contributed by atoms with E-state index in [-0.39, 0.29) is 18.0 Å². The molecule has 0 unspecified atom stereocenters. The average Bonchev–Trinajstić information content (AvgIpc) is 2.35. The summed E-state index contributed by atoms with van der Waals surface area (Å²) in [4.78, 5) is 0.222. The summed E-state index contributed by atoms with van der Waals surface area (Å²) in [5.41, 5.74) is 1.66. The maximum Gasteiger partial charge on any atom is 0.240 e. The Hall–Kier alpha value is -0.960. The second-order valence-electron chi connectivity index (χ2n) is 5.33. The lowest BCUT2D eigenvalue weighted by atomic mass is 10.2. The topological polar surface area (TPSA) is 83.6 Å². The lowest BCUT2D eigenvalue weighted by Gasteiger charge is -2.19. The summed E-state index contributed by atoms with van der Waals surface area (Å²) in [6, 6.07) is 5.10. The molecule has 0 aliphatic carbocycles. The smallest absolute Gasteiger partial charge is 0.213 e. The van der Waals surface area contributed by atoms with Crippen LogP contribution < -0.4 is 4.72 Å². The van der Waals surface area contributed by atoms with Crippen molar-refractivity contribution < 1.29 is 16.8 Å². The molecule has 1 aromatic rings. The van der Waals surface area contributed by atoms with E-state index in [1.165, 1.54) is 4.31 Å². The first-order valence-electron chi connectivity index (χ1n) is 7.10. The van der Waals surface area contributed by atoms with Crippen LogP contribution in [0.15, 0.2) is 23.1 Å². The molecule has 6 nitrogen and oxygen atoms in total. The number of sulfonamides is 2. The molecule has 1 aromatic carbocycles. The SMILES string of the molecule is CCCN(CCNS(=O)(=O)c1ccc(C)cc1C)S(C)(=O)=O. The standard InChI is InChI=1S/C14H24N2O4S2/c1-5-9-16(21(4,17)18)10-8-15-22(19,20)14-7-6-12(2)11-13(14)3/h6-7,11,15H,5,8-10H2,1-4H3. The zero-order valence-electron chi connectivity index (χ0n) is 13.5. The molecule has 0 bridgehead atoms. The summed E-state index contributed by atoms with van der Waals surface area (Å²) in [5, 5.41) is 0. The minimum absolute atomic E-state index is 0.0444. The normalized spacial score (nSPS) is 12.8. The fourth-order valence-electron chi connectivity index (χ4n) is 2.18. The van der Waals surface area contributed by atoms with E-state index in [1.54, 1.807) is 25.1 Å². The van der Waals surface area contributed by atoms with Gasteiger partial charge in [-0.1, -0.05) is 24.6 Å². The van der Waals surface area contributed by atoms with Gasteiger partial charge in [-0.2, -0.15) is 0 Å². The number of rotatable bonds is 8. The zero-order chi connectivity index (χ0) is 17.0. The van der Waals surface area contributed by atoms with Crippen LogP contribution in [0.1, 0.15) is 24.5 Å². The largest absolute Gasteiger partial charge is 0.240 e. The van der Waals surface area contributed by atoms with E-state index < -0.39 is 20.0 Å². The Morgan fingerprint density at radius 3 is 2.23 bits per heavy atom. The molecule has 0 aromatic heterocycles. The van der Waals surface area contributed by atoms with Crippen LogP contribution in [0.2, 0.25) is 0 Å². The lowest BCUT2D eigenvalue weighted by Crippen LogP contribution is -2.38. The monoisotopic (exact) mass is 348 g/mol. The second-order valence-corrected chi connectivity index (χ2v) is 9.05. The van der Waals surface area contributed by atoms with Crippen LogP contribution >= 0.6 is 0 Å². The Morgan fingerprint density at radius 1 is 1.09 bits per heavy atom. The van der Waals surface area contributed by atoms with Gasteiger partial charge in [0.15, 0.2) is 0 Å². The Labute approximate surface area is 133 Å². The number of hydrogen-bond donors (Lipinski definition) is 1. The molecule has 0 heterocycles. The van der Waals surface area contributed by atoms with Crippen molar-refractivity contribution in [3.05, 3.63) is 29.3 Å².